The Morgan fingerprint density at radius 2 is 2.11 bits per heavy atom. The van der Waals surface area contributed by atoms with Gasteiger partial charge in [0.25, 0.3) is 0 Å². The maximum absolute atomic E-state index is 5.52. The molecule has 1 aromatic heterocycles. The third-order valence-corrected chi connectivity index (χ3v) is 2.44. The Kier molecular flexibility index (Phi) is 7.18. The van der Waals surface area contributed by atoms with Gasteiger partial charge in [-0.3, -0.25) is 0 Å². The van der Waals surface area contributed by atoms with Crippen molar-refractivity contribution in [3.05, 3.63) is 18.3 Å². The van der Waals surface area contributed by atoms with E-state index < -0.39 is 0 Å². The van der Waals surface area contributed by atoms with E-state index in [2.05, 4.69) is 24.1 Å². The van der Waals surface area contributed by atoms with E-state index in [1.54, 1.807) is 6.20 Å². The first-order chi connectivity index (χ1) is 8.72. The summed E-state index contributed by atoms with van der Waals surface area (Å²) in [5.41, 5.74) is 0.992. The highest BCUT2D eigenvalue weighted by molar-refractivity contribution is 5.41. The lowest BCUT2D eigenvalue weighted by Crippen LogP contribution is -2.11. The molecule has 1 heterocycles. The van der Waals surface area contributed by atoms with Gasteiger partial charge in [-0.25, -0.2) is 4.98 Å². The normalized spacial score (nSPS) is 10.7. The molecule has 0 aliphatic carbocycles. The van der Waals surface area contributed by atoms with E-state index in [0.29, 0.717) is 18.4 Å². The van der Waals surface area contributed by atoms with Crippen LogP contribution in [0.25, 0.3) is 0 Å². The number of nitrogens with one attached hydrogen (secondary N) is 1. The fraction of sp³-hybridized carbons (Fsp3) is 0.643. The van der Waals surface area contributed by atoms with Gasteiger partial charge in [-0.2, -0.15) is 0 Å². The van der Waals surface area contributed by atoms with E-state index in [1.165, 1.54) is 0 Å². The first-order valence-electron chi connectivity index (χ1n) is 6.62. The smallest absolute Gasteiger partial charge is 0.213 e. The van der Waals surface area contributed by atoms with Crippen molar-refractivity contribution >= 4 is 5.69 Å². The summed E-state index contributed by atoms with van der Waals surface area (Å²) in [7, 11) is 0. The minimum Gasteiger partial charge on any atom is -0.478 e. The molecule has 0 radical (unpaired) electrons. The lowest BCUT2D eigenvalue weighted by Gasteiger charge is -2.09. The third kappa shape index (κ3) is 6.45. The molecule has 0 atom stereocenters. The van der Waals surface area contributed by atoms with Crippen molar-refractivity contribution < 1.29 is 9.47 Å². The van der Waals surface area contributed by atoms with E-state index >= 15 is 0 Å². The van der Waals surface area contributed by atoms with Gasteiger partial charge in [0.1, 0.15) is 0 Å². The second-order valence-corrected chi connectivity index (χ2v) is 4.54. The first-order valence-corrected chi connectivity index (χ1v) is 6.62. The largest absolute Gasteiger partial charge is 0.478 e. The number of pyridine rings is 1. The molecule has 0 aromatic carbocycles. The predicted molar refractivity (Wildman–Crippen MR) is 74.2 cm³/mol. The molecular weight excluding hydrogens is 228 g/mol. The zero-order chi connectivity index (χ0) is 13.2. The minimum absolute atomic E-state index is 0.642. The average Bonchev–Trinajstić information content (AvgIpc) is 2.35. The molecule has 0 saturated carbocycles. The monoisotopic (exact) mass is 252 g/mol. The van der Waals surface area contributed by atoms with Gasteiger partial charge in [-0.05, 0) is 25.3 Å². The highest BCUT2D eigenvalue weighted by Gasteiger charge is 1.96. The molecule has 1 aromatic rings. The molecule has 4 heteroatoms. The van der Waals surface area contributed by atoms with Crippen LogP contribution in [0.15, 0.2) is 18.3 Å². The Labute approximate surface area is 110 Å². The second-order valence-electron chi connectivity index (χ2n) is 4.54. The topological polar surface area (TPSA) is 43.4 Å². The molecule has 0 unspecified atom stereocenters. The fourth-order valence-corrected chi connectivity index (χ4v) is 1.41. The lowest BCUT2D eigenvalue weighted by atomic mass is 10.1. The zero-order valence-electron chi connectivity index (χ0n) is 11.6. The molecule has 0 aliphatic heterocycles. The highest BCUT2D eigenvalue weighted by atomic mass is 16.5. The highest BCUT2D eigenvalue weighted by Crippen LogP contribution is 2.10. The Bertz CT molecular complexity index is 312. The summed E-state index contributed by atoms with van der Waals surface area (Å²) in [5, 5.41) is 3.26. The van der Waals surface area contributed by atoms with E-state index in [9.17, 15) is 0 Å². The quantitative estimate of drug-likeness (QED) is 0.686. The number of ether oxygens (including phenoxy) is 2. The van der Waals surface area contributed by atoms with Crippen molar-refractivity contribution in [2.75, 3.05) is 31.7 Å². The molecule has 18 heavy (non-hydrogen) atoms. The predicted octanol–water partition coefficient (Wildman–Crippen LogP) is 2.95. The summed E-state index contributed by atoms with van der Waals surface area (Å²) < 4.78 is 10.8. The summed E-state index contributed by atoms with van der Waals surface area (Å²) >= 11 is 0. The number of anilines is 1. The fourth-order valence-electron chi connectivity index (χ4n) is 1.41. The van der Waals surface area contributed by atoms with Gasteiger partial charge in [0, 0.05) is 19.2 Å². The molecule has 0 aliphatic rings. The van der Waals surface area contributed by atoms with Gasteiger partial charge >= 0.3 is 0 Å². The van der Waals surface area contributed by atoms with Crippen LogP contribution in [0.3, 0.4) is 0 Å². The SMILES string of the molecule is CCOc1ccc(NCCOCCC(C)C)cn1. The molecular formula is C14H24N2O2. The van der Waals surface area contributed by atoms with Crippen LogP contribution in [-0.4, -0.2) is 31.3 Å². The molecule has 0 amide bonds. The number of nitrogens with zero attached hydrogens (tertiary/aromatic N) is 1. The summed E-state index contributed by atoms with van der Waals surface area (Å²) in [6.45, 7) is 9.35. The molecule has 1 N–H and O–H groups in total. The maximum atomic E-state index is 5.52. The second kappa shape index (κ2) is 8.75. The van der Waals surface area contributed by atoms with Crippen LogP contribution in [-0.2, 0) is 4.74 Å². The zero-order valence-corrected chi connectivity index (χ0v) is 11.6. The molecule has 0 saturated heterocycles. The molecule has 0 spiro atoms. The molecule has 0 fully saturated rings. The summed E-state index contributed by atoms with van der Waals surface area (Å²) in [4.78, 5) is 4.18. The van der Waals surface area contributed by atoms with Crippen LogP contribution in [0.2, 0.25) is 0 Å². The average molecular weight is 252 g/mol. The number of rotatable bonds is 9. The van der Waals surface area contributed by atoms with Crippen molar-refractivity contribution in [2.24, 2.45) is 5.92 Å². The summed E-state index contributed by atoms with van der Waals surface area (Å²) in [5.74, 6) is 1.37. The molecule has 1 rings (SSSR count). The first kappa shape index (κ1) is 14.8. The number of hydrogen-bond donors (Lipinski definition) is 1. The van der Waals surface area contributed by atoms with Gasteiger partial charge in [0.15, 0.2) is 0 Å². The van der Waals surface area contributed by atoms with Crippen molar-refractivity contribution in [2.45, 2.75) is 27.2 Å². The van der Waals surface area contributed by atoms with E-state index in [4.69, 9.17) is 9.47 Å². The van der Waals surface area contributed by atoms with Crippen LogP contribution in [0.5, 0.6) is 5.88 Å². The van der Waals surface area contributed by atoms with E-state index in [0.717, 1.165) is 31.9 Å². The van der Waals surface area contributed by atoms with Crippen molar-refractivity contribution in [1.29, 1.82) is 0 Å². The van der Waals surface area contributed by atoms with Gasteiger partial charge in [-0.15, -0.1) is 0 Å². The molecule has 0 bridgehead atoms. The Morgan fingerprint density at radius 1 is 1.28 bits per heavy atom. The van der Waals surface area contributed by atoms with Crippen molar-refractivity contribution in [3.63, 3.8) is 0 Å². The Morgan fingerprint density at radius 3 is 2.72 bits per heavy atom. The van der Waals surface area contributed by atoms with Gasteiger partial charge in [-0.1, -0.05) is 13.8 Å². The Hall–Kier alpha value is -1.29. The Balaban J connectivity index is 2.11. The van der Waals surface area contributed by atoms with Gasteiger partial charge in [0.05, 0.1) is 25.1 Å². The van der Waals surface area contributed by atoms with Crippen LogP contribution in [0, 0.1) is 5.92 Å². The minimum atomic E-state index is 0.642. The molecule has 102 valence electrons. The number of aromatic nitrogens is 1. The van der Waals surface area contributed by atoms with Crippen LogP contribution in [0.1, 0.15) is 27.2 Å². The van der Waals surface area contributed by atoms with Gasteiger partial charge < -0.3 is 14.8 Å². The molecule has 4 nitrogen and oxygen atoms in total. The van der Waals surface area contributed by atoms with Crippen LogP contribution >= 0.6 is 0 Å². The van der Waals surface area contributed by atoms with Crippen LogP contribution in [0.4, 0.5) is 5.69 Å². The maximum Gasteiger partial charge on any atom is 0.213 e. The standard InChI is InChI=1S/C14H24N2O2/c1-4-18-14-6-5-13(11-16-14)15-8-10-17-9-7-12(2)3/h5-6,11-12,15H,4,7-10H2,1-3H3. The van der Waals surface area contributed by atoms with Crippen LogP contribution < -0.4 is 10.1 Å². The van der Waals surface area contributed by atoms with Crippen molar-refractivity contribution in [1.82, 2.24) is 4.98 Å². The van der Waals surface area contributed by atoms with E-state index in [1.807, 2.05) is 19.1 Å². The van der Waals surface area contributed by atoms with Crippen molar-refractivity contribution in [3.8, 4) is 5.88 Å². The van der Waals surface area contributed by atoms with E-state index in [-0.39, 0.29) is 0 Å². The third-order valence-electron chi connectivity index (χ3n) is 2.44. The summed E-state index contributed by atoms with van der Waals surface area (Å²) in [6.07, 6.45) is 2.89. The lowest BCUT2D eigenvalue weighted by molar-refractivity contribution is 0.132. The van der Waals surface area contributed by atoms with Gasteiger partial charge in [0.2, 0.25) is 5.88 Å². The summed E-state index contributed by atoms with van der Waals surface area (Å²) in [6, 6.07) is 3.83. The number of hydrogen-bond acceptors (Lipinski definition) is 4.